The first-order valence-corrected chi connectivity index (χ1v) is 7.87. The van der Waals surface area contributed by atoms with E-state index in [9.17, 15) is 4.79 Å². The average molecular weight is 313 g/mol. The van der Waals surface area contributed by atoms with Crippen LogP contribution < -0.4 is 14.8 Å². The third-order valence-electron chi connectivity index (χ3n) is 3.51. The van der Waals surface area contributed by atoms with E-state index in [-0.39, 0.29) is 5.91 Å². The first kappa shape index (κ1) is 16.9. The summed E-state index contributed by atoms with van der Waals surface area (Å²) in [4.78, 5) is 12.1. The van der Waals surface area contributed by atoms with Gasteiger partial charge in [-0.2, -0.15) is 0 Å². The molecule has 0 atom stereocenters. The van der Waals surface area contributed by atoms with Crippen LogP contribution in [0.4, 0.5) is 0 Å². The van der Waals surface area contributed by atoms with E-state index in [4.69, 9.17) is 9.47 Å². The summed E-state index contributed by atoms with van der Waals surface area (Å²) in [6, 6.07) is 15.3. The number of ether oxygens (including phenoxy) is 2. The van der Waals surface area contributed by atoms with Crippen molar-refractivity contribution in [2.24, 2.45) is 0 Å². The second kappa shape index (κ2) is 8.83. The highest BCUT2D eigenvalue weighted by Gasteiger charge is 2.10. The number of methoxy groups -OCH3 is 1. The van der Waals surface area contributed by atoms with Gasteiger partial charge in [0.1, 0.15) is 11.5 Å². The molecule has 0 radical (unpaired) electrons. The molecule has 0 fully saturated rings. The Balaban J connectivity index is 1.77. The lowest BCUT2D eigenvalue weighted by atomic mass is 10.1. The Morgan fingerprint density at radius 3 is 2.52 bits per heavy atom. The summed E-state index contributed by atoms with van der Waals surface area (Å²) >= 11 is 0. The second-order valence-corrected chi connectivity index (χ2v) is 5.14. The first-order chi connectivity index (χ1) is 11.2. The van der Waals surface area contributed by atoms with Crippen molar-refractivity contribution in [1.82, 2.24) is 5.32 Å². The fourth-order valence-corrected chi connectivity index (χ4v) is 2.34. The van der Waals surface area contributed by atoms with Crippen molar-refractivity contribution >= 4 is 5.91 Å². The molecule has 1 amide bonds. The Morgan fingerprint density at radius 2 is 1.83 bits per heavy atom. The van der Waals surface area contributed by atoms with Crippen molar-refractivity contribution in [3.05, 3.63) is 59.7 Å². The molecule has 0 bridgehead atoms. The topological polar surface area (TPSA) is 47.6 Å². The van der Waals surface area contributed by atoms with Crippen molar-refractivity contribution in [2.45, 2.75) is 19.8 Å². The van der Waals surface area contributed by atoms with Crippen LogP contribution in [-0.2, 0) is 6.42 Å². The Labute approximate surface area is 137 Å². The molecule has 1 N–H and O–H groups in total. The van der Waals surface area contributed by atoms with Gasteiger partial charge in [-0.25, -0.2) is 0 Å². The van der Waals surface area contributed by atoms with Crippen LogP contribution in [0.25, 0.3) is 0 Å². The van der Waals surface area contributed by atoms with Gasteiger partial charge in [0.25, 0.3) is 5.91 Å². The number of carbonyl (C=O) groups excluding carboxylic acids is 1. The lowest BCUT2D eigenvalue weighted by Gasteiger charge is -2.09. The zero-order valence-electron chi connectivity index (χ0n) is 13.7. The third kappa shape index (κ3) is 5.02. The molecule has 0 aliphatic rings. The van der Waals surface area contributed by atoms with Crippen LogP contribution in [0.5, 0.6) is 11.5 Å². The standard InChI is InChI=1S/C19H23NO3/c1-3-23-16-12-10-15(11-13-16)7-6-14-20-19(21)17-8-4-5-9-18(17)22-2/h4-5,8-13H,3,6-7,14H2,1-2H3,(H,20,21). The molecule has 0 aromatic heterocycles. The van der Waals surface area contributed by atoms with Crippen molar-refractivity contribution in [3.63, 3.8) is 0 Å². The predicted molar refractivity (Wildman–Crippen MR) is 91.3 cm³/mol. The molecule has 122 valence electrons. The maximum Gasteiger partial charge on any atom is 0.255 e. The summed E-state index contributed by atoms with van der Waals surface area (Å²) in [5, 5.41) is 2.93. The van der Waals surface area contributed by atoms with Crippen LogP contribution in [0.2, 0.25) is 0 Å². The number of nitrogens with one attached hydrogen (secondary N) is 1. The fraction of sp³-hybridized carbons (Fsp3) is 0.316. The van der Waals surface area contributed by atoms with Crippen LogP contribution in [0.1, 0.15) is 29.3 Å². The zero-order valence-corrected chi connectivity index (χ0v) is 13.7. The van der Waals surface area contributed by atoms with E-state index < -0.39 is 0 Å². The van der Waals surface area contributed by atoms with Gasteiger partial charge in [0.15, 0.2) is 0 Å². The number of para-hydroxylation sites is 1. The van der Waals surface area contributed by atoms with E-state index in [1.165, 1.54) is 5.56 Å². The Hall–Kier alpha value is -2.49. The second-order valence-electron chi connectivity index (χ2n) is 5.14. The molecule has 0 heterocycles. The molecule has 23 heavy (non-hydrogen) atoms. The van der Waals surface area contributed by atoms with Gasteiger partial charge in [0, 0.05) is 6.54 Å². The molecule has 2 aromatic rings. The minimum Gasteiger partial charge on any atom is -0.496 e. The van der Waals surface area contributed by atoms with E-state index >= 15 is 0 Å². The number of carbonyl (C=O) groups is 1. The molecule has 0 saturated heterocycles. The Kier molecular flexibility index (Phi) is 6.48. The van der Waals surface area contributed by atoms with E-state index in [2.05, 4.69) is 17.4 Å². The normalized spacial score (nSPS) is 10.2. The van der Waals surface area contributed by atoms with Gasteiger partial charge in [0.05, 0.1) is 19.3 Å². The SMILES string of the molecule is CCOc1ccc(CCCNC(=O)c2ccccc2OC)cc1. The highest BCUT2D eigenvalue weighted by Crippen LogP contribution is 2.17. The molecule has 0 aliphatic heterocycles. The first-order valence-electron chi connectivity index (χ1n) is 7.87. The molecule has 2 aromatic carbocycles. The van der Waals surface area contributed by atoms with Gasteiger partial charge in [-0.3, -0.25) is 4.79 Å². The number of aryl methyl sites for hydroxylation is 1. The lowest BCUT2D eigenvalue weighted by molar-refractivity contribution is 0.0950. The summed E-state index contributed by atoms with van der Waals surface area (Å²) in [6.07, 6.45) is 1.80. The lowest BCUT2D eigenvalue weighted by Crippen LogP contribution is -2.25. The summed E-state index contributed by atoms with van der Waals surface area (Å²) in [5.41, 5.74) is 1.80. The number of benzene rings is 2. The van der Waals surface area contributed by atoms with Gasteiger partial charge in [-0.1, -0.05) is 24.3 Å². The van der Waals surface area contributed by atoms with Crippen molar-refractivity contribution < 1.29 is 14.3 Å². The van der Waals surface area contributed by atoms with Crippen molar-refractivity contribution in [3.8, 4) is 11.5 Å². The molecule has 2 rings (SSSR count). The van der Waals surface area contributed by atoms with Gasteiger partial charge >= 0.3 is 0 Å². The van der Waals surface area contributed by atoms with Gasteiger partial charge in [0.2, 0.25) is 0 Å². The molecule has 4 heteroatoms. The summed E-state index contributed by atoms with van der Waals surface area (Å²) in [6.45, 7) is 3.27. The highest BCUT2D eigenvalue weighted by molar-refractivity contribution is 5.96. The number of rotatable bonds is 8. The van der Waals surface area contributed by atoms with Crippen LogP contribution in [-0.4, -0.2) is 26.2 Å². The molecule has 0 spiro atoms. The van der Waals surface area contributed by atoms with Gasteiger partial charge < -0.3 is 14.8 Å². The molecule has 0 saturated carbocycles. The van der Waals surface area contributed by atoms with Crippen LogP contribution in [0.15, 0.2) is 48.5 Å². The van der Waals surface area contributed by atoms with E-state index in [0.717, 1.165) is 18.6 Å². The van der Waals surface area contributed by atoms with E-state index in [1.807, 2.05) is 31.2 Å². The van der Waals surface area contributed by atoms with Gasteiger partial charge in [-0.15, -0.1) is 0 Å². The minimum absolute atomic E-state index is 0.103. The molecule has 4 nitrogen and oxygen atoms in total. The third-order valence-corrected chi connectivity index (χ3v) is 3.51. The van der Waals surface area contributed by atoms with Crippen LogP contribution in [0.3, 0.4) is 0 Å². The predicted octanol–water partition coefficient (Wildman–Crippen LogP) is 3.46. The molecular formula is C19H23NO3. The smallest absolute Gasteiger partial charge is 0.255 e. The number of hydrogen-bond acceptors (Lipinski definition) is 3. The van der Waals surface area contributed by atoms with Gasteiger partial charge in [-0.05, 0) is 49.6 Å². The minimum atomic E-state index is -0.103. The zero-order chi connectivity index (χ0) is 16.5. The largest absolute Gasteiger partial charge is 0.496 e. The quantitative estimate of drug-likeness (QED) is 0.759. The van der Waals surface area contributed by atoms with Crippen LogP contribution >= 0.6 is 0 Å². The maximum absolute atomic E-state index is 12.1. The number of hydrogen-bond donors (Lipinski definition) is 1. The van der Waals surface area contributed by atoms with E-state index in [1.54, 1.807) is 19.2 Å². The van der Waals surface area contributed by atoms with Crippen molar-refractivity contribution in [2.75, 3.05) is 20.3 Å². The summed E-state index contributed by atoms with van der Waals surface area (Å²) in [5.74, 6) is 1.38. The summed E-state index contributed by atoms with van der Waals surface area (Å²) < 4.78 is 10.6. The average Bonchev–Trinajstić information content (AvgIpc) is 2.60. The van der Waals surface area contributed by atoms with E-state index in [0.29, 0.717) is 24.5 Å². The van der Waals surface area contributed by atoms with Crippen molar-refractivity contribution in [1.29, 1.82) is 0 Å². The molecule has 0 unspecified atom stereocenters. The maximum atomic E-state index is 12.1. The summed E-state index contributed by atoms with van der Waals surface area (Å²) in [7, 11) is 1.57. The Bertz CT molecular complexity index is 623. The highest BCUT2D eigenvalue weighted by atomic mass is 16.5. The molecular weight excluding hydrogens is 290 g/mol. The number of amides is 1. The molecule has 0 aliphatic carbocycles. The van der Waals surface area contributed by atoms with Crippen LogP contribution in [0, 0.1) is 0 Å². The Morgan fingerprint density at radius 1 is 1.09 bits per heavy atom. The fourth-order valence-electron chi connectivity index (χ4n) is 2.34. The monoisotopic (exact) mass is 313 g/mol.